The monoisotopic (exact) mass is 386 g/mol. The zero-order valence-electron chi connectivity index (χ0n) is 16.0. The molecule has 1 fully saturated rings. The number of amides is 2. The Bertz CT molecular complexity index is 795. The number of nitrogens with one attached hydrogen (secondary N) is 2. The summed E-state index contributed by atoms with van der Waals surface area (Å²) in [5.74, 6) is -0.240. The molecule has 1 atom stereocenters. The molecule has 6 nitrogen and oxygen atoms in total. The lowest BCUT2D eigenvalue weighted by Gasteiger charge is -2.22. The molecule has 1 saturated carbocycles. The first-order valence-electron chi connectivity index (χ1n) is 9.46. The number of rotatable bonds is 6. The molecule has 0 spiro atoms. The largest absolute Gasteiger partial charge is 0.344 e. The fourth-order valence-electron chi connectivity index (χ4n) is 3.26. The van der Waals surface area contributed by atoms with Crippen LogP contribution in [-0.4, -0.2) is 28.1 Å². The highest BCUT2D eigenvalue weighted by atomic mass is 32.1. The number of benzene rings is 1. The summed E-state index contributed by atoms with van der Waals surface area (Å²) in [4.78, 5) is 25.1. The number of carbonyl (C=O) groups is 2. The molecule has 1 aliphatic carbocycles. The van der Waals surface area contributed by atoms with Gasteiger partial charge >= 0.3 is 0 Å². The third kappa shape index (κ3) is 4.91. The van der Waals surface area contributed by atoms with Crippen molar-refractivity contribution in [3.05, 3.63) is 29.8 Å². The van der Waals surface area contributed by atoms with Crippen molar-refractivity contribution in [1.29, 1.82) is 0 Å². The molecule has 0 saturated heterocycles. The second-order valence-electron chi connectivity index (χ2n) is 7.48. The van der Waals surface area contributed by atoms with E-state index < -0.39 is 6.04 Å². The van der Waals surface area contributed by atoms with Crippen LogP contribution >= 0.6 is 11.3 Å². The summed E-state index contributed by atoms with van der Waals surface area (Å²) in [7, 11) is 0. The number of hydrogen-bond acceptors (Lipinski definition) is 5. The lowest BCUT2D eigenvalue weighted by atomic mass is 10.0. The van der Waals surface area contributed by atoms with E-state index in [1.807, 2.05) is 45.0 Å². The van der Waals surface area contributed by atoms with Gasteiger partial charge in [-0.1, -0.05) is 67.9 Å². The first-order chi connectivity index (χ1) is 12.9. The van der Waals surface area contributed by atoms with Gasteiger partial charge in [0.25, 0.3) is 0 Å². The summed E-state index contributed by atoms with van der Waals surface area (Å²) in [6.45, 7) is 5.88. The zero-order chi connectivity index (χ0) is 19.4. The lowest BCUT2D eigenvalue weighted by Crippen LogP contribution is -2.48. The van der Waals surface area contributed by atoms with Crippen LogP contribution in [0.25, 0.3) is 10.6 Å². The fourth-order valence-corrected chi connectivity index (χ4v) is 4.02. The van der Waals surface area contributed by atoms with Gasteiger partial charge in [0.1, 0.15) is 11.0 Å². The van der Waals surface area contributed by atoms with E-state index in [0.29, 0.717) is 5.13 Å². The number of carbonyl (C=O) groups excluding carboxylic acids is 2. The highest BCUT2D eigenvalue weighted by Gasteiger charge is 2.29. The van der Waals surface area contributed by atoms with Crippen molar-refractivity contribution in [2.24, 2.45) is 11.8 Å². The predicted octanol–water partition coefficient (Wildman–Crippen LogP) is 3.78. The molecule has 0 radical (unpaired) electrons. The van der Waals surface area contributed by atoms with Crippen molar-refractivity contribution in [3.63, 3.8) is 0 Å². The maximum absolute atomic E-state index is 12.7. The van der Waals surface area contributed by atoms with Crippen LogP contribution in [-0.2, 0) is 9.59 Å². The summed E-state index contributed by atoms with van der Waals surface area (Å²) in [6, 6.07) is 7.43. The summed E-state index contributed by atoms with van der Waals surface area (Å²) >= 11 is 1.33. The van der Waals surface area contributed by atoms with Gasteiger partial charge in [-0.2, -0.15) is 0 Å². The molecule has 27 heavy (non-hydrogen) atoms. The molecule has 144 valence electrons. The molecule has 2 amide bonds. The Hall–Kier alpha value is -2.28. The SMILES string of the molecule is Cc1ccc(-c2nnc(NC(=O)[C@@H](NC(=O)C3CCCC3)C(C)C)s2)cc1. The van der Waals surface area contributed by atoms with Crippen LogP contribution in [0.1, 0.15) is 45.1 Å². The highest BCUT2D eigenvalue weighted by molar-refractivity contribution is 7.18. The van der Waals surface area contributed by atoms with E-state index in [1.54, 1.807) is 0 Å². The molecule has 0 unspecified atom stereocenters. The molecule has 2 aromatic rings. The summed E-state index contributed by atoms with van der Waals surface area (Å²) in [5.41, 5.74) is 2.14. The molecule has 1 aromatic heterocycles. The van der Waals surface area contributed by atoms with Crippen molar-refractivity contribution < 1.29 is 9.59 Å². The highest BCUT2D eigenvalue weighted by Crippen LogP contribution is 2.27. The van der Waals surface area contributed by atoms with Gasteiger partial charge in [-0.05, 0) is 25.7 Å². The first-order valence-corrected chi connectivity index (χ1v) is 10.3. The Labute approximate surface area is 163 Å². The van der Waals surface area contributed by atoms with Gasteiger partial charge in [-0.15, -0.1) is 10.2 Å². The smallest absolute Gasteiger partial charge is 0.249 e. The zero-order valence-corrected chi connectivity index (χ0v) is 16.8. The van der Waals surface area contributed by atoms with Gasteiger partial charge in [0.05, 0.1) is 0 Å². The average Bonchev–Trinajstić information content (AvgIpc) is 3.31. The molecular weight excluding hydrogens is 360 g/mol. The van der Waals surface area contributed by atoms with E-state index in [-0.39, 0.29) is 23.7 Å². The molecule has 1 aromatic carbocycles. The van der Waals surface area contributed by atoms with Gasteiger partial charge in [0, 0.05) is 11.5 Å². The summed E-state index contributed by atoms with van der Waals surface area (Å²) < 4.78 is 0. The molecule has 7 heteroatoms. The molecule has 0 bridgehead atoms. The van der Waals surface area contributed by atoms with Gasteiger partial charge in [-0.3, -0.25) is 14.9 Å². The first kappa shape index (κ1) is 19.5. The van der Waals surface area contributed by atoms with Crippen LogP contribution in [0.4, 0.5) is 5.13 Å². The van der Waals surface area contributed by atoms with Crippen molar-refractivity contribution in [1.82, 2.24) is 15.5 Å². The van der Waals surface area contributed by atoms with E-state index in [0.717, 1.165) is 36.3 Å². The van der Waals surface area contributed by atoms with Gasteiger partial charge in [0.15, 0.2) is 0 Å². The summed E-state index contributed by atoms with van der Waals surface area (Å²) in [5, 5.41) is 15.2. The molecule has 1 aliphatic rings. The van der Waals surface area contributed by atoms with Gasteiger partial charge in [0.2, 0.25) is 16.9 Å². The Kier molecular flexibility index (Phi) is 6.21. The minimum absolute atomic E-state index is 0.0140. The van der Waals surface area contributed by atoms with Crippen LogP contribution in [0.3, 0.4) is 0 Å². The van der Waals surface area contributed by atoms with Crippen LogP contribution in [0.5, 0.6) is 0 Å². The topological polar surface area (TPSA) is 84.0 Å². The minimum atomic E-state index is -0.579. The van der Waals surface area contributed by atoms with E-state index in [2.05, 4.69) is 20.8 Å². The number of anilines is 1. The molecule has 2 N–H and O–H groups in total. The Morgan fingerprint density at radius 3 is 2.41 bits per heavy atom. The van der Waals surface area contributed by atoms with E-state index in [1.165, 1.54) is 16.9 Å². The number of aryl methyl sites for hydroxylation is 1. The molecular formula is C20H26N4O2S. The predicted molar refractivity (Wildman–Crippen MR) is 107 cm³/mol. The Balaban J connectivity index is 1.65. The normalized spacial score (nSPS) is 15.7. The van der Waals surface area contributed by atoms with Crippen molar-refractivity contribution in [2.45, 2.75) is 52.5 Å². The number of hydrogen-bond donors (Lipinski definition) is 2. The van der Waals surface area contributed by atoms with E-state index in [9.17, 15) is 9.59 Å². The third-order valence-corrected chi connectivity index (χ3v) is 5.81. The molecule has 1 heterocycles. The van der Waals surface area contributed by atoms with Crippen LogP contribution in [0.2, 0.25) is 0 Å². The van der Waals surface area contributed by atoms with E-state index in [4.69, 9.17) is 0 Å². The maximum Gasteiger partial charge on any atom is 0.249 e. The molecule has 3 rings (SSSR count). The number of nitrogens with zero attached hydrogens (tertiary/aromatic N) is 2. The van der Waals surface area contributed by atoms with Gasteiger partial charge < -0.3 is 5.32 Å². The van der Waals surface area contributed by atoms with Crippen LogP contribution in [0, 0.1) is 18.8 Å². The van der Waals surface area contributed by atoms with Crippen LogP contribution in [0.15, 0.2) is 24.3 Å². The summed E-state index contributed by atoms with van der Waals surface area (Å²) in [6.07, 6.45) is 4.00. The standard InChI is InChI=1S/C20H26N4O2S/c1-12(2)16(21-17(25)14-6-4-5-7-14)18(26)22-20-24-23-19(27-20)15-10-8-13(3)9-11-15/h8-12,14,16H,4-7H2,1-3H3,(H,21,25)(H,22,24,26)/t16-/m0/s1. The van der Waals surface area contributed by atoms with E-state index >= 15 is 0 Å². The second-order valence-corrected chi connectivity index (χ2v) is 8.46. The number of aromatic nitrogens is 2. The van der Waals surface area contributed by atoms with Crippen molar-refractivity contribution in [3.8, 4) is 10.6 Å². The van der Waals surface area contributed by atoms with Gasteiger partial charge in [-0.25, -0.2) is 0 Å². The maximum atomic E-state index is 12.7. The lowest BCUT2D eigenvalue weighted by molar-refractivity contribution is -0.130. The van der Waals surface area contributed by atoms with Crippen molar-refractivity contribution >= 4 is 28.3 Å². The quantitative estimate of drug-likeness (QED) is 0.791. The molecule has 0 aliphatic heterocycles. The second kappa shape index (κ2) is 8.61. The third-order valence-electron chi connectivity index (χ3n) is 4.93. The fraction of sp³-hybridized carbons (Fsp3) is 0.500. The van der Waals surface area contributed by atoms with Crippen LogP contribution < -0.4 is 10.6 Å². The Morgan fingerprint density at radius 2 is 1.78 bits per heavy atom. The minimum Gasteiger partial charge on any atom is -0.344 e. The average molecular weight is 387 g/mol. The van der Waals surface area contributed by atoms with Crippen molar-refractivity contribution in [2.75, 3.05) is 5.32 Å². The Morgan fingerprint density at radius 1 is 1.11 bits per heavy atom.